The zero-order valence-electron chi connectivity index (χ0n) is 17.6. The number of rotatable bonds is 6. The topological polar surface area (TPSA) is 89.5 Å². The van der Waals surface area contributed by atoms with Crippen LogP contribution in [0.4, 0.5) is 0 Å². The van der Waals surface area contributed by atoms with Gasteiger partial charge in [0.05, 0.1) is 32.4 Å². The molecule has 7 heteroatoms. The van der Waals surface area contributed by atoms with Crippen molar-refractivity contribution in [3.8, 4) is 45.4 Å². The molecule has 0 atom stereocenters. The molecule has 2 N–H and O–H groups in total. The number of phenols is 1. The van der Waals surface area contributed by atoms with E-state index in [4.69, 9.17) is 19.2 Å². The van der Waals surface area contributed by atoms with Crippen LogP contribution >= 0.6 is 0 Å². The molecule has 31 heavy (non-hydrogen) atoms. The molecule has 5 rings (SSSR count). The van der Waals surface area contributed by atoms with Crippen molar-refractivity contribution in [1.29, 1.82) is 0 Å². The quantitative estimate of drug-likeness (QED) is 0.464. The van der Waals surface area contributed by atoms with E-state index in [2.05, 4.69) is 16.3 Å². The number of benzene rings is 2. The van der Waals surface area contributed by atoms with Gasteiger partial charge < -0.3 is 19.3 Å². The lowest BCUT2D eigenvalue weighted by atomic mass is 9.97. The maximum absolute atomic E-state index is 10.3. The Morgan fingerprint density at radius 3 is 2.32 bits per heavy atom. The molecule has 158 valence electrons. The van der Waals surface area contributed by atoms with E-state index in [0.29, 0.717) is 28.8 Å². The molecule has 2 aromatic heterocycles. The standard InChI is InChI=1S/C24H23N3O4/c1-29-16-6-4-5-14(9-16)17-12-18(15-10-19(30-2)23(28)20(11-15)31-3)25-24-21(17)22(26-27-24)13-7-8-13/h4-6,9-13,28H,7-8H2,1-3H3,(H,25,26,27). The predicted molar refractivity (Wildman–Crippen MR) is 118 cm³/mol. The van der Waals surface area contributed by atoms with Crippen molar-refractivity contribution in [3.05, 3.63) is 48.2 Å². The van der Waals surface area contributed by atoms with Gasteiger partial charge in [0.2, 0.25) is 5.75 Å². The van der Waals surface area contributed by atoms with Crippen molar-refractivity contribution in [2.24, 2.45) is 0 Å². The van der Waals surface area contributed by atoms with Crippen LogP contribution in [0.1, 0.15) is 24.5 Å². The van der Waals surface area contributed by atoms with E-state index in [1.54, 1.807) is 19.2 Å². The number of nitrogens with one attached hydrogen (secondary N) is 1. The average Bonchev–Trinajstić information content (AvgIpc) is 3.57. The van der Waals surface area contributed by atoms with Crippen LogP contribution in [-0.4, -0.2) is 41.6 Å². The van der Waals surface area contributed by atoms with Crippen LogP contribution in [0, 0.1) is 0 Å². The summed E-state index contributed by atoms with van der Waals surface area (Å²) in [6.07, 6.45) is 2.31. The molecule has 0 saturated heterocycles. The highest BCUT2D eigenvalue weighted by Gasteiger charge is 2.29. The molecule has 2 aromatic carbocycles. The fourth-order valence-corrected chi connectivity index (χ4v) is 3.92. The number of aromatic amines is 1. The predicted octanol–water partition coefficient (Wildman–Crippen LogP) is 4.90. The van der Waals surface area contributed by atoms with Gasteiger partial charge in [0, 0.05) is 17.2 Å². The molecular weight excluding hydrogens is 394 g/mol. The molecule has 1 aliphatic carbocycles. The molecule has 0 unspecified atom stereocenters. The Balaban J connectivity index is 1.76. The number of aromatic nitrogens is 3. The smallest absolute Gasteiger partial charge is 0.200 e. The Kier molecular flexibility index (Phi) is 4.66. The van der Waals surface area contributed by atoms with Gasteiger partial charge in [-0.1, -0.05) is 12.1 Å². The van der Waals surface area contributed by atoms with Gasteiger partial charge in [0.15, 0.2) is 17.1 Å². The maximum atomic E-state index is 10.3. The lowest BCUT2D eigenvalue weighted by Gasteiger charge is -2.13. The molecule has 0 spiro atoms. The number of hydrogen-bond donors (Lipinski definition) is 2. The van der Waals surface area contributed by atoms with Gasteiger partial charge in [0.1, 0.15) is 5.75 Å². The van der Waals surface area contributed by atoms with E-state index in [1.807, 2.05) is 24.3 Å². The first-order valence-corrected chi connectivity index (χ1v) is 10.1. The number of methoxy groups -OCH3 is 3. The van der Waals surface area contributed by atoms with Crippen LogP contribution in [0.15, 0.2) is 42.5 Å². The lowest BCUT2D eigenvalue weighted by molar-refractivity contribution is 0.340. The van der Waals surface area contributed by atoms with Crippen molar-refractivity contribution in [3.63, 3.8) is 0 Å². The second kappa shape index (κ2) is 7.50. The summed E-state index contributed by atoms with van der Waals surface area (Å²) in [6, 6.07) is 13.5. The molecule has 2 heterocycles. The minimum absolute atomic E-state index is 0.0429. The van der Waals surface area contributed by atoms with Crippen molar-refractivity contribution in [2.75, 3.05) is 21.3 Å². The first-order valence-electron chi connectivity index (χ1n) is 10.1. The number of H-pyrrole nitrogens is 1. The summed E-state index contributed by atoms with van der Waals surface area (Å²) in [5.74, 6) is 1.88. The SMILES string of the molecule is COc1cccc(-c2cc(-c3cc(OC)c(O)c(OC)c3)nc3n[nH]c(C4CC4)c23)c1. The highest BCUT2D eigenvalue weighted by Crippen LogP contribution is 2.46. The first kappa shape index (κ1) is 19.2. The second-order valence-electron chi connectivity index (χ2n) is 7.63. The summed E-state index contributed by atoms with van der Waals surface area (Å²) in [7, 11) is 4.67. The molecule has 1 fully saturated rings. The van der Waals surface area contributed by atoms with Gasteiger partial charge in [-0.25, -0.2) is 4.98 Å². The van der Waals surface area contributed by atoms with E-state index in [1.165, 1.54) is 14.2 Å². The molecular formula is C24H23N3O4. The largest absolute Gasteiger partial charge is 0.502 e. The highest BCUT2D eigenvalue weighted by atomic mass is 16.5. The minimum atomic E-state index is -0.0429. The molecule has 1 saturated carbocycles. The zero-order valence-corrected chi connectivity index (χ0v) is 17.6. The van der Waals surface area contributed by atoms with E-state index in [9.17, 15) is 5.11 Å². The number of ether oxygens (including phenoxy) is 3. The second-order valence-corrected chi connectivity index (χ2v) is 7.63. The molecule has 4 aromatic rings. The van der Waals surface area contributed by atoms with Gasteiger partial charge >= 0.3 is 0 Å². The maximum Gasteiger partial charge on any atom is 0.200 e. The third-order valence-electron chi connectivity index (χ3n) is 5.69. The Morgan fingerprint density at radius 1 is 0.935 bits per heavy atom. The van der Waals surface area contributed by atoms with Crippen LogP contribution < -0.4 is 14.2 Å². The molecule has 0 radical (unpaired) electrons. The third kappa shape index (κ3) is 3.32. The van der Waals surface area contributed by atoms with Crippen LogP contribution in [0.5, 0.6) is 23.0 Å². The van der Waals surface area contributed by atoms with Gasteiger partial charge in [-0.15, -0.1) is 0 Å². The Bertz CT molecular complexity index is 1250. The van der Waals surface area contributed by atoms with Gasteiger partial charge in [-0.2, -0.15) is 5.10 Å². The van der Waals surface area contributed by atoms with Gasteiger partial charge in [-0.3, -0.25) is 5.10 Å². The van der Waals surface area contributed by atoms with Crippen LogP contribution in [0.2, 0.25) is 0 Å². The van der Waals surface area contributed by atoms with E-state index < -0.39 is 0 Å². The van der Waals surface area contributed by atoms with Crippen molar-refractivity contribution < 1.29 is 19.3 Å². The number of phenolic OH excluding ortho intramolecular Hbond substituents is 1. The average molecular weight is 417 g/mol. The summed E-state index contributed by atoms with van der Waals surface area (Å²) in [5.41, 5.74) is 5.30. The van der Waals surface area contributed by atoms with Crippen LogP contribution in [-0.2, 0) is 0 Å². The van der Waals surface area contributed by atoms with Crippen LogP contribution in [0.25, 0.3) is 33.4 Å². The lowest BCUT2D eigenvalue weighted by Crippen LogP contribution is -1.94. The van der Waals surface area contributed by atoms with Crippen molar-refractivity contribution >= 4 is 11.0 Å². The summed E-state index contributed by atoms with van der Waals surface area (Å²) in [6.45, 7) is 0. The molecule has 0 aliphatic heterocycles. The summed E-state index contributed by atoms with van der Waals surface area (Å²) in [5, 5.41) is 19.1. The van der Waals surface area contributed by atoms with Crippen molar-refractivity contribution in [2.45, 2.75) is 18.8 Å². The molecule has 1 aliphatic rings. The first-order chi connectivity index (χ1) is 15.1. The molecule has 7 nitrogen and oxygen atoms in total. The summed E-state index contributed by atoms with van der Waals surface area (Å²) < 4.78 is 16.1. The highest BCUT2D eigenvalue weighted by molar-refractivity contribution is 5.97. The van der Waals surface area contributed by atoms with E-state index >= 15 is 0 Å². The Labute approximate surface area is 179 Å². The number of nitrogens with zero attached hydrogens (tertiary/aromatic N) is 2. The Morgan fingerprint density at radius 2 is 1.68 bits per heavy atom. The fourth-order valence-electron chi connectivity index (χ4n) is 3.92. The number of hydrogen-bond acceptors (Lipinski definition) is 6. The minimum Gasteiger partial charge on any atom is -0.502 e. The third-order valence-corrected chi connectivity index (χ3v) is 5.69. The van der Waals surface area contributed by atoms with E-state index in [-0.39, 0.29) is 5.75 Å². The fraction of sp³-hybridized carbons (Fsp3) is 0.250. The summed E-state index contributed by atoms with van der Waals surface area (Å²) >= 11 is 0. The van der Waals surface area contributed by atoms with E-state index in [0.717, 1.165) is 46.4 Å². The van der Waals surface area contributed by atoms with Gasteiger partial charge in [0.25, 0.3) is 0 Å². The summed E-state index contributed by atoms with van der Waals surface area (Å²) in [4.78, 5) is 4.82. The monoisotopic (exact) mass is 417 g/mol. The van der Waals surface area contributed by atoms with Gasteiger partial charge in [-0.05, 0) is 54.3 Å². The molecule has 0 amide bonds. The number of aromatic hydroxyl groups is 1. The molecule has 0 bridgehead atoms. The Hall–Kier alpha value is -3.74. The number of fused-ring (bicyclic) bond motifs is 1. The van der Waals surface area contributed by atoms with Crippen molar-refractivity contribution in [1.82, 2.24) is 15.2 Å². The zero-order chi connectivity index (χ0) is 21.5. The van der Waals surface area contributed by atoms with Crippen LogP contribution in [0.3, 0.4) is 0 Å². The normalized spacial score (nSPS) is 13.4. The number of pyridine rings is 1.